The van der Waals surface area contributed by atoms with Gasteiger partial charge in [-0.25, -0.2) is 15.0 Å². The second-order valence-electron chi connectivity index (χ2n) is 4.33. The number of hydrogen-bond acceptors (Lipinski definition) is 6. The van der Waals surface area contributed by atoms with Gasteiger partial charge in [0.25, 0.3) is 0 Å². The summed E-state index contributed by atoms with van der Waals surface area (Å²) < 4.78 is 12.6. The smallest absolute Gasteiger partial charge is 0.174 e. The maximum atomic E-state index is 5.35. The molecule has 0 N–H and O–H groups in total. The second kappa shape index (κ2) is 5.61. The summed E-state index contributed by atoms with van der Waals surface area (Å²) in [5.74, 6) is 1.30. The predicted octanol–water partition coefficient (Wildman–Crippen LogP) is 2.53. The van der Waals surface area contributed by atoms with Crippen LogP contribution >= 0.6 is 11.8 Å². The molecule has 7 heteroatoms. The molecule has 0 atom stereocenters. The van der Waals surface area contributed by atoms with Crippen LogP contribution in [-0.2, 0) is 7.05 Å². The monoisotopic (exact) mass is 302 g/mol. The van der Waals surface area contributed by atoms with Crippen molar-refractivity contribution in [1.29, 1.82) is 0 Å². The maximum absolute atomic E-state index is 5.35. The molecule has 0 spiro atoms. The van der Waals surface area contributed by atoms with Crippen molar-refractivity contribution < 1.29 is 9.47 Å². The van der Waals surface area contributed by atoms with E-state index in [0.29, 0.717) is 11.5 Å². The van der Waals surface area contributed by atoms with Crippen LogP contribution in [0.1, 0.15) is 0 Å². The van der Waals surface area contributed by atoms with Crippen molar-refractivity contribution in [2.24, 2.45) is 7.05 Å². The Kier molecular flexibility index (Phi) is 3.66. The topological polar surface area (TPSA) is 62.1 Å². The van der Waals surface area contributed by atoms with Gasteiger partial charge in [-0.2, -0.15) is 0 Å². The Morgan fingerprint density at radius 2 is 1.81 bits per heavy atom. The number of hydrogen-bond donors (Lipinski definition) is 0. The Bertz CT molecular complexity index is 788. The highest BCUT2D eigenvalue weighted by atomic mass is 32.2. The highest BCUT2D eigenvalue weighted by Gasteiger charge is 2.13. The summed E-state index contributed by atoms with van der Waals surface area (Å²) in [6.45, 7) is 0. The molecular formula is C14H14N4O2S. The first-order valence-corrected chi connectivity index (χ1v) is 7.06. The van der Waals surface area contributed by atoms with E-state index in [2.05, 4.69) is 15.0 Å². The van der Waals surface area contributed by atoms with Gasteiger partial charge in [0.15, 0.2) is 16.7 Å². The fourth-order valence-corrected chi connectivity index (χ4v) is 2.84. The minimum atomic E-state index is 0.650. The first kappa shape index (κ1) is 13.7. The van der Waals surface area contributed by atoms with Crippen LogP contribution in [-0.4, -0.2) is 33.7 Å². The Morgan fingerprint density at radius 3 is 2.48 bits per heavy atom. The number of aromatic nitrogens is 4. The zero-order valence-corrected chi connectivity index (χ0v) is 12.7. The third-order valence-corrected chi connectivity index (χ3v) is 4.16. The van der Waals surface area contributed by atoms with Crippen LogP contribution in [0.5, 0.6) is 11.5 Å². The van der Waals surface area contributed by atoms with E-state index in [1.54, 1.807) is 26.7 Å². The van der Waals surface area contributed by atoms with Gasteiger partial charge in [0.05, 0.1) is 19.7 Å². The van der Waals surface area contributed by atoms with E-state index >= 15 is 0 Å². The Balaban J connectivity index is 2.12. The molecule has 1 aromatic carbocycles. The Morgan fingerprint density at radius 1 is 1.05 bits per heavy atom. The van der Waals surface area contributed by atoms with Crippen LogP contribution in [0.15, 0.2) is 41.0 Å². The summed E-state index contributed by atoms with van der Waals surface area (Å²) in [4.78, 5) is 13.0. The summed E-state index contributed by atoms with van der Waals surface area (Å²) in [6.07, 6.45) is 5.20. The number of rotatable bonds is 4. The molecule has 108 valence electrons. The van der Waals surface area contributed by atoms with Crippen LogP contribution in [0, 0.1) is 0 Å². The summed E-state index contributed by atoms with van der Waals surface area (Å²) in [5, 5.41) is 2.60. The van der Waals surface area contributed by atoms with E-state index in [1.165, 1.54) is 11.8 Å². The molecule has 0 radical (unpaired) electrons. The van der Waals surface area contributed by atoms with Crippen molar-refractivity contribution in [3.8, 4) is 11.5 Å². The van der Waals surface area contributed by atoms with E-state index in [-0.39, 0.29) is 0 Å². The molecule has 0 unspecified atom stereocenters. The minimum absolute atomic E-state index is 0.650. The molecule has 0 fully saturated rings. The lowest BCUT2D eigenvalue weighted by atomic mass is 10.2. The number of aryl methyl sites for hydroxylation is 1. The van der Waals surface area contributed by atoms with Crippen molar-refractivity contribution >= 4 is 22.7 Å². The molecule has 0 saturated carbocycles. The van der Waals surface area contributed by atoms with Gasteiger partial charge in [-0.15, -0.1) is 0 Å². The Labute approximate surface area is 126 Å². The van der Waals surface area contributed by atoms with Crippen molar-refractivity contribution in [2.75, 3.05) is 14.2 Å². The molecule has 21 heavy (non-hydrogen) atoms. The van der Waals surface area contributed by atoms with Gasteiger partial charge in [0.1, 0.15) is 11.4 Å². The van der Waals surface area contributed by atoms with Crippen LogP contribution < -0.4 is 9.47 Å². The number of nitrogens with zero attached hydrogens (tertiary/aromatic N) is 4. The van der Waals surface area contributed by atoms with Crippen LogP contribution in [0.4, 0.5) is 0 Å². The number of imidazole rings is 1. The molecule has 3 aromatic rings. The van der Waals surface area contributed by atoms with E-state index < -0.39 is 0 Å². The van der Waals surface area contributed by atoms with Gasteiger partial charge in [0, 0.05) is 30.9 Å². The quantitative estimate of drug-likeness (QED) is 0.690. The molecule has 0 aliphatic carbocycles. The van der Waals surface area contributed by atoms with Crippen LogP contribution in [0.25, 0.3) is 10.9 Å². The van der Waals surface area contributed by atoms with Gasteiger partial charge < -0.3 is 14.0 Å². The summed E-state index contributed by atoms with van der Waals surface area (Å²) in [7, 11) is 5.16. The molecule has 2 heterocycles. The molecule has 0 amide bonds. The van der Waals surface area contributed by atoms with Crippen molar-refractivity contribution in [3.05, 3.63) is 30.9 Å². The highest BCUT2D eigenvalue weighted by Crippen LogP contribution is 2.36. The fraction of sp³-hybridized carbons (Fsp3) is 0.214. The van der Waals surface area contributed by atoms with Gasteiger partial charge in [-0.05, 0) is 17.8 Å². The molecule has 0 aliphatic heterocycles. The van der Waals surface area contributed by atoms with Gasteiger partial charge in [-0.3, -0.25) is 0 Å². The summed E-state index contributed by atoms with van der Waals surface area (Å²) >= 11 is 1.49. The molecule has 0 saturated heterocycles. The van der Waals surface area contributed by atoms with Crippen molar-refractivity contribution in [2.45, 2.75) is 10.2 Å². The highest BCUT2D eigenvalue weighted by molar-refractivity contribution is 7.99. The summed E-state index contributed by atoms with van der Waals surface area (Å²) in [5.41, 5.74) is 0.805. The van der Waals surface area contributed by atoms with Gasteiger partial charge >= 0.3 is 0 Å². The zero-order chi connectivity index (χ0) is 14.8. The average molecular weight is 302 g/mol. The van der Waals surface area contributed by atoms with Gasteiger partial charge in [-0.1, -0.05) is 0 Å². The van der Waals surface area contributed by atoms with Crippen LogP contribution in [0.3, 0.4) is 0 Å². The number of benzene rings is 1. The minimum Gasteiger partial charge on any atom is -0.493 e. The third-order valence-electron chi connectivity index (χ3n) is 3.07. The fourth-order valence-electron chi connectivity index (χ4n) is 1.98. The molecule has 3 rings (SSSR count). The molecule has 2 aromatic heterocycles. The SMILES string of the molecule is COc1cc2ncnc(Sc3nccn3C)c2cc1OC. The van der Waals surface area contributed by atoms with E-state index in [0.717, 1.165) is 21.1 Å². The predicted molar refractivity (Wildman–Crippen MR) is 80.0 cm³/mol. The second-order valence-corrected chi connectivity index (χ2v) is 5.28. The zero-order valence-electron chi connectivity index (χ0n) is 11.9. The van der Waals surface area contributed by atoms with Crippen LogP contribution in [0.2, 0.25) is 0 Å². The number of fused-ring (bicyclic) bond motifs is 1. The first-order chi connectivity index (χ1) is 10.2. The molecular weight excluding hydrogens is 288 g/mol. The first-order valence-electron chi connectivity index (χ1n) is 6.25. The van der Waals surface area contributed by atoms with E-state index in [1.807, 2.05) is 29.9 Å². The number of ether oxygens (including phenoxy) is 2. The molecule has 0 aliphatic rings. The standard InChI is InChI=1S/C14H14N4O2S/c1-18-5-4-15-14(18)21-13-9-6-11(19-2)12(20-3)7-10(9)16-8-17-13/h4-8H,1-3H3. The van der Waals surface area contributed by atoms with Crippen molar-refractivity contribution in [1.82, 2.24) is 19.5 Å². The maximum Gasteiger partial charge on any atom is 0.174 e. The van der Waals surface area contributed by atoms with Crippen molar-refractivity contribution in [3.63, 3.8) is 0 Å². The average Bonchev–Trinajstić information content (AvgIpc) is 2.91. The summed E-state index contributed by atoms with van der Waals surface area (Å²) in [6, 6.07) is 3.73. The Hall–Kier alpha value is -2.28. The van der Waals surface area contributed by atoms with Gasteiger partial charge in [0.2, 0.25) is 0 Å². The molecule has 6 nitrogen and oxygen atoms in total. The lowest BCUT2D eigenvalue weighted by Gasteiger charge is -2.10. The third kappa shape index (κ3) is 2.52. The largest absolute Gasteiger partial charge is 0.493 e. The van der Waals surface area contributed by atoms with E-state index in [4.69, 9.17) is 9.47 Å². The lowest BCUT2D eigenvalue weighted by molar-refractivity contribution is 0.355. The normalized spacial score (nSPS) is 10.8. The molecule has 0 bridgehead atoms. The lowest BCUT2D eigenvalue weighted by Crippen LogP contribution is -1.95. The number of methoxy groups -OCH3 is 2. The van der Waals surface area contributed by atoms with E-state index in [9.17, 15) is 0 Å².